The molecule has 0 bridgehead atoms. The molecule has 0 aliphatic rings. The Bertz CT molecular complexity index is 415. The number of alkyl carbamates (subject to hydrolysis) is 1. The molecule has 0 saturated heterocycles. The van der Waals surface area contributed by atoms with E-state index in [1.165, 1.54) is 6.33 Å². The van der Waals surface area contributed by atoms with Crippen molar-refractivity contribution in [3.8, 4) is 0 Å². The molecule has 1 amide bonds. The lowest BCUT2D eigenvalue weighted by Crippen LogP contribution is -2.36. The number of nitrogens with zero attached hydrogens (tertiary/aromatic N) is 2. The van der Waals surface area contributed by atoms with Crippen molar-refractivity contribution in [3.63, 3.8) is 0 Å². The van der Waals surface area contributed by atoms with Gasteiger partial charge in [0.15, 0.2) is 0 Å². The van der Waals surface area contributed by atoms with E-state index in [2.05, 4.69) is 15.3 Å². The SMILES string of the molecule is Cc1ncncc1C(N)CNC(=O)OC(C)(C)C. The normalized spacial score (nSPS) is 12.9. The maximum atomic E-state index is 11.5. The number of aromatic nitrogens is 2. The molecule has 0 fully saturated rings. The predicted molar refractivity (Wildman–Crippen MR) is 67.9 cm³/mol. The highest BCUT2D eigenvalue weighted by Gasteiger charge is 2.17. The highest BCUT2D eigenvalue weighted by Crippen LogP contribution is 2.11. The number of nitrogens with two attached hydrogens (primary N) is 1. The van der Waals surface area contributed by atoms with Crippen LogP contribution in [-0.4, -0.2) is 28.2 Å². The summed E-state index contributed by atoms with van der Waals surface area (Å²) in [6, 6.07) is -0.348. The third-order valence-electron chi connectivity index (χ3n) is 2.21. The van der Waals surface area contributed by atoms with Gasteiger partial charge in [0.05, 0.1) is 6.04 Å². The van der Waals surface area contributed by atoms with Crippen LogP contribution in [0.3, 0.4) is 0 Å². The number of nitrogens with one attached hydrogen (secondary N) is 1. The van der Waals surface area contributed by atoms with Crippen molar-refractivity contribution in [1.82, 2.24) is 15.3 Å². The lowest BCUT2D eigenvalue weighted by Gasteiger charge is -2.21. The Labute approximate surface area is 107 Å². The summed E-state index contributed by atoms with van der Waals surface area (Å²) < 4.78 is 5.12. The van der Waals surface area contributed by atoms with E-state index in [9.17, 15) is 4.79 Å². The Morgan fingerprint density at radius 2 is 2.22 bits per heavy atom. The maximum absolute atomic E-state index is 11.5. The van der Waals surface area contributed by atoms with Crippen LogP contribution in [0.4, 0.5) is 4.79 Å². The molecule has 1 aromatic heterocycles. The van der Waals surface area contributed by atoms with Crippen molar-refractivity contribution in [2.75, 3.05) is 6.54 Å². The molecule has 0 aromatic carbocycles. The second kappa shape index (κ2) is 5.77. The average molecular weight is 252 g/mol. The van der Waals surface area contributed by atoms with Crippen LogP contribution in [0.1, 0.15) is 38.1 Å². The fourth-order valence-electron chi connectivity index (χ4n) is 1.38. The minimum absolute atomic E-state index is 0.281. The van der Waals surface area contributed by atoms with Gasteiger partial charge in [-0.15, -0.1) is 0 Å². The van der Waals surface area contributed by atoms with Crippen molar-refractivity contribution >= 4 is 6.09 Å². The molecule has 0 saturated carbocycles. The summed E-state index contributed by atoms with van der Waals surface area (Å²) in [6.45, 7) is 7.55. The minimum atomic E-state index is -0.514. The molecule has 6 nitrogen and oxygen atoms in total. The first-order valence-electron chi connectivity index (χ1n) is 5.78. The zero-order valence-electron chi connectivity index (χ0n) is 11.2. The summed E-state index contributed by atoms with van der Waals surface area (Å²) >= 11 is 0. The third kappa shape index (κ3) is 4.67. The molecule has 0 aliphatic carbocycles. The average Bonchev–Trinajstić information content (AvgIpc) is 2.24. The van der Waals surface area contributed by atoms with Crippen molar-refractivity contribution in [2.24, 2.45) is 5.73 Å². The fourth-order valence-corrected chi connectivity index (χ4v) is 1.38. The van der Waals surface area contributed by atoms with E-state index < -0.39 is 11.7 Å². The van der Waals surface area contributed by atoms with Crippen LogP contribution in [0.25, 0.3) is 0 Å². The molecule has 1 atom stereocenters. The molecule has 3 N–H and O–H groups in total. The molecule has 1 aromatic rings. The van der Waals surface area contributed by atoms with Gasteiger partial charge in [-0.2, -0.15) is 0 Å². The number of hydrogen-bond acceptors (Lipinski definition) is 5. The van der Waals surface area contributed by atoms with Gasteiger partial charge in [0.25, 0.3) is 0 Å². The molecule has 6 heteroatoms. The maximum Gasteiger partial charge on any atom is 0.407 e. The monoisotopic (exact) mass is 252 g/mol. The number of carbonyl (C=O) groups excluding carboxylic acids is 1. The van der Waals surface area contributed by atoms with Crippen molar-refractivity contribution in [1.29, 1.82) is 0 Å². The second-order valence-corrected chi connectivity index (χ2v) is 5.05. The molecule has 0 spiro atoms. The van der Waals surface area contributed by atoms with Crippen LogP contribution in [0.5, 0.6) is 0 Å². The van der Waals surface area contributed by atoms with Gasteiger partial charge in [-0.05, 0) is 27.7 Å². The Hall–Kier alpha value is -1.69. The van der Waals surface area contributed by atoms with E-state index in [0.29, 0.717) is 0 Å². The molecular weight excluding hydrogens is 232 g/mol. The van der Waals surface area contributed by atoms with Crippen molar-refractivity contribution in [2.45, 2.75) is 39.3 Å². The summed E-state index contributed by atoms with van der Waals surface area (Å²) in [6.07, 6.45) is 2.64. The summed E-state index contributed by atoms with van der Waals surface area (Å²) in [7, 11) is 0. The van der Waals surface area contributed by atoms with Crippen LogP contribution in [0, 0.1) is 6.92 Å². The summed E-state index contributed by atoms with van der Waals surface area (Å²) in [4.78, 5) is 19.4. The van der Waals surface area contributed by atoms with Gasteiger partial charge in [-0.1, -0.05) is 0 Å². The van der Waals surface area contributed by atoms with Gasteiger partial charge in [-0.3, -0.25) is 0 Å². The molecule has 18 heavy (non-hydrogen) atoms. The Kier molecular flexibility index (Phi) is 4.61. The molecular formula is C12H20N4O2. The molecule has 0 aliphatic heterocycles. The molecule has 0 radical (unpaired) electrons. The standard InChI is InChI=1S/C12H20N4O2/c1-8-9(5-14-7-16-8)10(13)6-15-11(17)18-12(2,3)4/h5,7,10H,6,13H2,1-4H3,(H,15,17). The summed E-state index contributed by atoms with van der Waals surface area (Å²) in [5.74, 6) is 0. The fraction of sp³-hybridized carbons (Fsp3) is 0.583. The zero-order chi connectivity index (χ0) is 13.8. The van der Waals surface area contributed by atoms with Gasteiger partial charge < -0.3 is 15.8 Å². The van der Waals surface area contributed by atoms with E-state index in [-0.39, 0.29) is 12.6 Å². The smallest absolute Gasteiger partial charge is 0.407 e. The first-order chi connectivity index (χ1) is 8.29. The molecule has 1 heterocycles. The Morgan fingerprint density at radius 3 is 2.78 bits per heavy atom. The van der Waals surface area contributed by atoms with Gasteiger partial charge in [0.2, 0.25) is 0 Å². The van der Waals surface area contributed by atoms with Crippen molar-refractivity contribution < 1.29 is 9.53 Å². The number of ether oxygens (including phenoxy) is 1. The first kappa shape index (κ1) is 14.4. The van der Waals surface area contributed by atoms with Crippen LogP contribution < -0.4 is 11.1 Å². The van der Waals surface area contributed by atoms with Crippen molar-refractivity contribution in [3.05, 3.63) is 23.8 Å². The quantitative estimate of drug-likeness (QED) is 0.846. The molecule has 100 valence electrons. The highest BCUT2D eigenvalue weighted by atomic mass is 16.6. The largest absolute Gasteiger partial charge is 0.444 e. The topological polar surface area (TPSA) is 90.1 Å². The Morgan fingerprint density at radius 1 is 1.56 bits per heavy atom. The lowest BCUT2D eigenvalue weighted by atomic mass is 10.1. The summed E-state index contributed by atoms with van der Waals surface area (Å²) in [5, 5.41) is 2.62. The van der Waals surface area contributed by atoms with Crippen LogP contribution in [0.15, 0.2) is 12.5 Å². The van der Waals surface area contributed by atoms with Gasteiger partial charge >= 0.3 is 6.09 Å². The molecule has 1 rings (SSSR count). The number of carbonyl (C=O) groups is 1. The van der Waals surface area contributed by atoms with E-state index in [0.717, 1.165) is 11.3 Å². The number of hydrogen-bond donors (Lipinski definition) is 2. The molecule has 1 unspecified atom stereocenters. The number of aryl methyl sites for hydroxylation is 1. The number of amides is 1. The van der Waals surface area contributed by atoms with Gasteiger partial charge in [0, 0.05) is 24.0 Å². The third-order valence-corrected chi connectivity index (χ3v) is 2.21. The first-order valence-corrected chi connectivity index (χ1v) is 5.78. The van der Waals surface area contributed by atoms with Gasteiger partial charge in [0.1, 0.15) is 11.9 Å². The van der Waals surface area contributed by atoms with E-state index in [1.807, 2.05) is 27.7 Å². The second-order valence-electron chi connectivity index (χ2n) is 5.05. The number of rotatable bonds is 3. The predicted octanol–water partition coefficient (Wildman–Crippen LogP) is 1.31. The Balaban J connectivity index is 2.49. The van der Waals surface area contributed by atoms with E-state index in [1.54, 1.807) is 6.20 Å². The van der Waals surface area contributed by atoms with Crippen LogP contribution in [0.2, 0.25) is 0 Å². The van der Waals surface area contributed by atoms with E-state index in [4.69, 9.17) is 10.5 Å². The zero-order valence-corrected chi connectivity index (χ0v) is 11.2. The van der Waals surface area contributed by atoms with E-state index >= 15 is 0 Å². The lowest BCUT2D eigenvalue weighted by molar-refractivity contribution is 0.0524. The highest BCUT2D eigenvalue weighted by molar-refractivity contribution is 5.67. The van der Waals surface area contributed by atoms with Gasteiger partial charge in [-0.25, -0.2) is 14.8 Å². The van der Waals surface area contributed by atoms with Crippen LogP contribution >= 0.6 is 0 Å². The van der Waals surface area contributed by atoms with Crippen LogP contribution in [-0.2, 0) is 4.74 Å². The minimum Gasteiger partial charge on any atom is -0.444 e. The summed E-state index contributed by atoms with van der Waals surface area (Å²) in [5.41, 5.74) is 7.07.